The highest BCUT2D eigenvalue weighted by Crippen LogP contribution is 2.30. The molecule has 1 heterocycles. The van der Waals surface area contributed by atoms with E-state index in [0.29, 0.717) is 34.9 Å². The van der Waals surface area contributed by atoms with Gasteiger partial charge in [-0.2, -0.15) is 10.1 Å². The van der Waals surface area contributed by atoms with E-state index in [0.717, 1.165) is 0 Å². The Labute approximate surface area is 144 Å². The SMILES string of the molecule is CCOc1cc(/C=C2/C(=O)N(c3cccc(F)c3)N=C2C)ccc1O. The number of ether oxygens (including phenoxy) is 1. The second-order valence-electron chi connectivity index (χ2n) is 5.50. The van der Waals surface area contributed by atoms with Crippen molar-refractivity contribution >= 4 is 23.4 Å². The normalized spacial score (nSPS) is 15.6. The predicted molar refractivity (Wildman–Crippen MR) is 94.2 cm³/mol. The number of rotatable bonds is 4. The third kappa shape index (κ3) is 3.38. The lowest BCUT2D eigenvalue weighted by atomic mass is 10.1. The maximum Gasteiger partial charge on any atom is 0.280 e. The van der Waals surface area contributed by atoms with Crippen LogP contribution < -0.4 is 9.75 Å². The molecule has 0 unspecified atom stereocenters. The molecular weight excluding hydrogens is 323 g/mol. The van der Waals surface area contributed by atoms with Gasteiger partial charge in [-0.3, -0.25) is 4.79 Å². The molecule has 0 saturated carbocycles. The molecule has 1 amide bonds. The Morgan fingerprint density at radius 3 is 2.80 bits per heavy atom. The fourth-order valence-corrected chi connectivity index (χ4v) is 2.53. The summed E-state index contributed by atoms with van der Waals surface area (Å²) < 4.78 is 18.8. The van der Waals surface area contributed by atoms with E-state index < -0.39 is 5.82 Å². The van der Waals surface area contributed by atoms with Crippen molar-refractivity contribution in [2.45, 2.75) is 13.8 Å². The van der Waals surface area contributed by atoms with Crippen molar-refractivity contribution in [1.29, 1.82) is 0 Å². The average Bonchev–Trinajstić information content (AvgIpc) is 2.86. The molecule has 0 radical (unpaired) electrons. The van der Waals surface area contributed by atoms with Crippen molar-refractivity contribution in [3.8, 4) is 11.5 Å². The van der Waals surface area contributed by atoms with Crippen molar-refractivity contribution in [2.24, 2.45) is 5.10 Å². The first-order valence-corrected chi connectivity index (χ1v) is 7.82. The average molecular weight is 340 g/mol. The van der Waals surface area contributed by atoms with E-state index >= 15 is 0 Å². The molecule has 0 aromatic heterocycles. The van der Waals surface area contributed by atoms with Crippen LogP contribution in [0.15, 0.2) is 53.1 Å². The van der Waals surface area contributed by atoms with Crippen LogP contribution in [0.5, 0.6) is 11.5 Å². The number of hydrogen-bond donors (Lipinski definition) is 1. The van der Waals surface area contributed by atoms with Gasteiger partial charge in [0.15, 0.2) is 11.5 Å². The van der Waals surface area contributed by atoms with Crippen molar-refractivity contribution in [3.63, 3.8) is 0 Å². The topological polar surface area (TPSA) is 62.1 Å². The maximum absolute atomic E-state index is 13.4. The van der Waals surface area contributed by atoms with E-state index in [-0.39, 0.29) is 11.7 Å². The highest BCUT2D eigenvalue weighted by Gasteiger charge is 2.28. The molecule has 0 spiro atoms. The van der Waals surface area contributed by atoms with Gasteiger partial charge in [0.2, 0.25) is 0 Å². The zero-order valence-corrected chi connectivity index (χ0v) is 13.9. The van der Waals surface area contributed by atoms with Gasteiger partial charge in [0, 0.05) is 0 Å². The maximum atomic E-state index is 13.4. The van der Waals surface area contributed by atoms with Crippen LogP contribution in [-0.4, -0.2) is 23.3 Å². The zero-order chi connectivity index (χ0) is 18.0. The molecule has 2 aromatic rings. The van der Waals surface area contributed by atoms with Crippen LogP contribution in [0.4, 0.5) is 10.1 Å². The lowest BCUT2D eigenvalue weighted by molar-refractivity contribution is -0.114. The molecule has 3 rings (SSSR count). The van der Waals surface area contributed by atoms with Crippen LogP contribution in [0.2, 0.25) is 0 Å². The number of carbonyl (C=O) groups excluding carboxylic acids is 1. The Balaban J connectivity index is 1.93. The van der Waals surface area contributed by atoms with Crippen molar-refractivity contribution < 1.29 is 19.0 Å². The first-order valence-electron chi connectivity index (χ1n) is 7.82. The van der Waals surface area contributed by atoms with Crippen LogP contribution in [-0.2, 0) is 4.79 Å². The summed E-state index contributed by atoms with van der Waals surface area (Å²) in [6.45, 7) is 3.95. The van der Waals surface area contributed by atoms with Gasteiger partial charge in [0.25, 0.3) is 5.91 Å². The van der Waals surface area contributed by atoms with Gasteiger partial charge in [0.05, 0.1) is 23.6 Å². The number of carbonyl (C=O) groups is 1. The third-order valence-electron chi connectivity index (χ3n) is 3.71. The zero-order valence-electron chi connectivity index (χ0n) is 13.9. The summed E-state index contributed by atoms with van der Waals surface area (Å²) in [5, 5.41) is 15.2. The fourth-order valence-electron chi connectivity index (χ4n) is 2.53. The van der Waals surface area contributed by atoms with Gasteiger partial charge in [0.1, 0.15) is 5.82 Å². The van der Waals surface area contributed by atoms with E-state index in [1.807, 2.05) is 6.92 Å². The Kier molecular flexibility index (Phi) is 4.52. The van der Waals surface area contributed by atoms with Gasteiger partial charge >= 0.3 is 0 Å². The number of anilines is 1. The first kappa shape index (κ1) is 16.7. The number of amides is 1. The van der Waals surface area contributed by atoms with E-state index in [1.54, 1.807) is 31.2 Å². The monoisotopic (exact) mass is 340 g/mol. The summed E-state index contributed by atoms with van der Waals surface area (Å²) in [5.74, 6) is -0.392. The second kappa shape index (κ2) is 6.76. The fraction of sp³-hybridized carbons (Fsp3) is 0.158. The summed E-state index contributed by atoms with van der Waals surface area (Å²) in [7, 11) is 0. The van der Waals surface area contributed by atoms with Crippen molar-refractivity contribution in [3.05, 3.63) is 59.4 Å². The van der Waals surface area contributed by atoms with Gasteiger partial charge in [-0.05, 0) is 55.8 Å². The van der Waals surface area contributed by atoms with Crippen molar-refractivity contribution in [2.75, 3.05) is 11.6 Å². The summed E-state index contributed by atoms with van der Waals surface area (Å²) in [5.41, 5.74) is 1.99. The molecule has 0 saturated heterocycles. The van der Waals surface area contributed by atoms with E-state index in [9.17, 15) is 14.3 Å². The minimum Gasteiger partial charge on any atom is -0.504 e. The Morgan fingerprint density at radius 1 is 1.28 bits per heavy atom. The number of nitrogens with zero attached hydrogens (tertiary/aromatic N) is 2. The summed E-state index contributed by atoms with van der Waals surface area (Å²) in [6, 6.07) is 10.5. The summed E-state index contributed by atoms with van der Waals surface area (Å²) >= 11 is 0. The molecule has 6 heteroatoms. The molecule has 1 aliphatic heterocycles. The van der Waals surface area contributed by atoms with E-state index in [4.69, 9.17) is 4.74 Å². The van der Waals surface area contributed by atoms with E-state index in [1.165, 1.54) is 29.3 Å². The quantitative estimate of drug-likeness (QED) is 0.863. The Hall–Kier alpha value is -3.15. The molecular formula is C19H17FN2O3. The smallest absolute Gasteiger partial charge is 0.280 e. The van der Waals surface area contributed by atoms with E-state index in [2.05, 4.69) is 5.10 Å². The summed E-state index contributed by atoms with van der Waals surface area (Å²) in [6.07, 6.45) is 1.67. The number of hydrogen-bond acceptors (Lipinski definition) is 4. The number of halogens is 1. The number of benzene rings is 2. The first-order chi connectivity index (χ1) is 12.0. The number of phenols is 1. The molecule has 1 aliphatic rings. The van der Waals surface area contributed by atoms with Crippen molar-refractivity contribution in [1.82, 2.24) is 0 Å². The minimum absolute atomic E-state index is 0.0357. The summed E-state index contributed by atoms with van der Waals surface area (Å²) in [4.78, 5) is 12.6. The molecule has 2 aromatic carbocycles. The highest BCUT2D eigenvalue weighted by atomic mass is 19.1. The molecule has 0 aliphatic carbocycles. The minimum atomic E-state index is -0.435. The molecule has 0 bridgehead atoms. The number of hydrazone groups is 1. The van der Waals surface area contributed by atoms with Gasteiger partial charge < -0.3 is 9.84 Å². The lowest BCUT2D eigenvalue weighted by Gasteiger charge is -2.11. The standard InChI is InChI=1S/C19H17FN2O3/c1-3-25-18-10-13(7-8-17(18)23)9-16-12(2)21-22(19(16)24)15-6-4-5-14(20)11-15/h4-11,23H,3H2,1-2H3/b16-9+. The Morgan fingerprint density at radius 2 is 2.08 bits per heavy atom. The van der Waals surface area contributed by atoms with Crippen LogP contribution in [0.25, 0.3) is 6.08 Å². The molecule has 0 atom stereocenters. The predicted octanol–water partition coefficient (Wildman–Crippen LogP) is 3.74. The van der Waals surface area contributed by atoms with Crippen LogP contribution >= 0.6 is 0 Å². The van der Waals surface area contributed by atoms with Crippen LogP contribution in [0, 0.1) is 5.82 Å². The largest absolute Gasteiger partial charge is 0.504 e. The highest BCUT2D eigenvalue weighted by molar-refractivity contribution is 6.32. The van der Waals surface area contributed by atoms with Gasteiger partial charge in [-0.1, -0.05) is 12.1 Å². The molecule has 0 fully saturated rings. The number of phenolic OH excluding ortho intramolecular Hbond substituents is 1. The van der Waals surface area contributed by atoms with Crippen LogP contribution in [0.3, 0.4) is 0 Å². The number of aromatic hydroxyl groups is 1. The Bertz CT molecular complexity index is 890. The molecule has 128 valence electrons. The molecule has 5 nitrogen and oxygen atoms in total. The third-order valence-corrected chi connectivity index (χ3v) is 3.71. The second-order valence-corrected chi connectivity index (χ2v) is 5.50. The molecule has 25 heavy (non-hydrogen) atoms. The van der Waals surface area contributed by atoms with Crippen LogP contribution in [0.1, 0.15) is 19.4 Å². The lowest BCUT2D eigenvalue weighted by Crippen LogP contribution is -2.21. The molecule has 1 N–H and O–H groups in total. The van der Waals surface area contributed by atoms with Gasteiger partial charge in [-0.25, -0.2) is 4.39 Å². The van der Waals surface area contributed by atoms with Gasteiger partial charge in [-0.15, -0.1) is 0 Å².